The van der Waals surface area contributed by atoms with Crippen LogP contribution in [0.25, 0.3) is 10.9 Å². The third-order valence-electron chi connectivity index (χ3n) is 12.7. The number of ether oxygens (including phenoxy) is 3. The Morgan fingerprint density at radius 2 is 1.92 bits per heavy atom. The first kappa shape index (κ1) is 43.2. The second kappa shape index (κ2) is 16.5. The number of nitrogens with zero attached hydrogens (tertiary/aromatic N) is 2. The van der Waals surface area contributed by atoms with Gasteiger partial charge >= 0.3 is 6.09 Å². The number of alkyl halides is 1. The smallest absolute Gasteiger partial charge is 0.408 e. The fourth-order valence-corrected chi connectivity index (χ4v) is 9.92. The zero-order valence-electron chi connectivity index (χ0n) is 34.7. The van der Waals surface area contributed by atoms with Gasteiger partial charge < -0.3 is 29.7 Å². The molecular formula is C43H58BrN5O9S. The van der Waals surface area contributed by atoms with Gasteiger partial charge in [-0.05, 0) is 94.2 Å². The normalized spacial score (nSPS) is 29.3. The average molecular weight is 901 g/mol. The van der Waals surface area contributed by atoms with Crippen LogP contribution in [0.4, 0.5) is 4.79 Å². The molecule has 3 aliphatic carbocycles. The molecule has 3 saturated carbocycles. The molecule has 4 amide bonds. The fourth-order valence-electron chi connectivity index (χ4n) is 8.38. The van der Waals surface area contributed by atoms with Crippen LogP contribution in [0.3, 0.4) is 0 Å². The molecule has 7 atom stereocenters. The molecule has 1 aromatic carbocycles. The molecule has 3 N–H and O–H groups in total. The van der Waals surface area contributed by atoms with Crippen molar-refractivity contribution in [2.45, 2.75) is 140 Å². The lowest BCUT2D eigenvalue weighted by Crippen LogP contribution is -2.60. The van der Waals surface area contributed by atoms with Gasteiger partial charge in [0.25, 0.3) is 5.91 Å². The highest BCUT2D eigenvalue weighted by Crippen LogP contribution is 2.47. The van der Waals surface area contributed by atoms with Gasteiger partial charge in [-0.1, -0.05) is 61.7 Å². The monoisotopic (exact) mass is 899 g/mol. The van der Waals surface area contributed by atoms with Gasteiger partial charge in [0, 0.05) is 23.1 Å². The number of halogens is 1. The number of nitrogens with one attached hydrogen (secondary N) is 3. The Kier molecular flexibility index (Phi) is 12.1. The number of amides is 4. The lowest BCUT2D eigenvalue weighted by atomic mass is 9.85. The summed E-state index contributed by atoms with van der Waals surface area (Å²) in [6, 6.07) is 3.79. The molecule has 0 radical (unpaired) electrons. The summed E-state index contributed by atoms with van der Waals surface area (Å²) in [6.45, 7) is 13.3. The van der Waals surface area contributed by atoms with E-state index in [1.54, 1.807) is 6.92 Å². The quantitative estimate of drug-likeness (QED) is 0.151. The summed E-state index contributed by atoms with van der Waals surface area (Å²) in [6.07, 6.45) is 6.70. The lowest BCUT2D eigenvalue weighted by Gasteiger charge is -2.35. The van der Waals surface area contributed by atoms with Crippen molar-refractivity contribution in [2.24, 2.45) is 17.3 Å². The van der Waals surface area contributed by atoms with Crippen LogP contribution in [0, 0.1) is 24.2 Å². The Morgan fingerprint density at radius 3 is 2.59 bits per heavy atom. The van der Waals surface area contributed by atoms with Gasteiger partial charge in [0.2, 0.25) is 27.7 Å². The van der Waals surface area contributed by atoms with Crippen molar-refractivity contribution >= 4 is 60.7 Å². The van der Waals surface area contributed by atoms with E-state index in [2.05, 4.69) is 37.9 Å². The van der Waals surface area contributed by atoms with Crippen molar-refractivity contribution in [3.8, 4) is 11.6 Å². The second-order valence-corrected chi connectivity index (χ2v) is 21.5. The van der Waals surface area contributed by atoms with Crippen molar-refractivity contribution < 1.29 is 41.8 Å². The molecule has 2 aromatic rings. The van der Waals surface area contributed by atoms with Crippen LogP contribution in [0.2, 0.25) is 0 Å². The number of aryl methyl sites for hydroxylation is 1. The third-order valence-corrected chi connectivity index (χ3v) is 15.4. The van der Waals surface area contributed by atoms with Crippen LogP contribution >= 0.6 is 15.9 Å². The van der Waals surface area contributed by atoms with Gasteiger partial charge in [-0.15, -0.1) is 6.58 Å². The molecule has 2 bridgehead atoms. The van der Waals surface area contributed by atoms with E-state index in [9.17, 15) is 27.6 Å². The number of carbonyl (C=O) groups excluding carboxylic acids is 4. The van der Waals surface area contributed by atoms with Gasteiger partial charge in [-0.25, -0.2) is 18.2 Å². The maximum Gasteiger partial charge on any atom is 0.408 e. The minimum atomic E-state index is -4.01. The first-order valence-electron chi connectivity index (χ1n) is 21.0. The Balaban J connectivity index is 1.25. The van der Waals surface area contributed by atoms with Gasteiger partial charge in [0.15, 0.2) is 0 Å². The summed E-state index contributed by atoms with van der Waals surface area (Å²) < 4.78 is 46.6. The number of fused-ring (bicyclic) bond motifs is 5. The predicted molar refractivity (Wildman–Crippen MR) is 226 cm³/mol. The van der Waals surface area contributed by atoms with Crippen LogP contribution in [0.15, 0.2) is 30.9 Å². The van der Waals surface area contributed by atoms with Gasteiger partial charge in [0.05, 0.1) is 29.0 Å². The molecule has 59 heavy (non-hydrogen) atoms. The van der Waals surface area contributed by atoms with Crippen LogP contribution in [-0.2, 0) is 35.6 Å². The van der Waals surface area contributed by atoms with Crippen LogP contribution in [0.1, 0.15) is 103 Å². The number of sulfonamides is 1. The van der Waals surface area contributed by atoms with E-state index in [0.717, 1.165) is 60.4 Å². The number of hydrogen-bond donors (Lipinski definition) is 3. The van der Waals surface area contributed by atoms with E-state index in [0.29, 0.717) is 43.0 Å². The molecule has 2 aliphatic heterocycles. The van der Waals surface area contributed by atoms with Crippen LogP contribution < -0.4 is 24.8 Å². The van der Waals surface area contributed by atoms with E-state index >= 15 is 0 Å². The Labute approximate surface area is 355 Å². The average Bonchev–Trinajstić information content (AvgIpc) is 4.13. The molecule has 7 rings (SSSR count). The first-order valence-corrected chi connectivity index (χ1v) is 23.6. The summed E-state index contributed by atoms with van der Waals surface area (Å²) in [5.41, 5.74) is 0.157. The minimum absolute atomic E-state index is 0.0300. The van der Waals surface area contributed by atoms with Crippen LogP contribution in [0.5, 0.6) is 11.6 Å². The summed E-state index contributed by atoms with van der Waals surface area (Å²) in [5.74, 6) is -1.22. The number of rotatable bonds is 10. The Bertz CT molecular complexity index is 2120. The molecule has 4 fully saturated rings. The summed E-state index contributed by atoms with van der Waals surface area (Å²) in [4.78, 5) is 62.9. The van der Waals surface area contributed by atoms with Crippen molar-refractivity contribution in [1.82, 2.24) is 25.2 Å². The first-order chi connectivity index (χ1) is 27.9. The van der Waals surface area contributed by atoms with Crippen molar-refractivity contribution in [2.75, 3.05) is 18.5 Å². The minimum Gasteiger partial charge on any atom is -0.492 e. The standard InChI is InChI=1S/C43H58BrN5O9S/c1-7-27-23-43(27,39(52)48-59(54,55)42(6)16-17-42)47-36(50)32-22-28-24-49(32)38(51)35(41(3,4)5)46-40(53)58-33-21-26(33)12-9-8-10-13-30-34(56-19-11-18-44)29-15-14-25(2)20-31(29)45-37(30)57-28/h7,14-15,20,26-28,32-33,35H,1,8-13,16-19,21-24H2,2-6H3,(H,46,53)(H,47,50)(H,48,52)/t26-,27-,28-,32+,33-,35-,43-/m1/s1. The number of aromatic nitrogens is 1. The van der Waals surface area contributed by atoms with E-state index in [1.165, 1.54) is 11.0 Å². The molecule has 5 aliphatic rings. The predicted octanol–water partition coefficient (Wildman–Crippen LogP) is 5.76. The zero-order valence-corrected chi connectivity index (χ0v) is 37.1. The highest BCUT2D eigenvalue weighted by Gasteiger charge is 2.63. The second-order valence-electron chi connectivity index (χ2n) is 18.5. The maximum absolute atomic E-state index is 14.8. The molecule has 0 unspecified atom stereocenters. The third kappa shape index (κ3) is 9.08. The van der Waals surface area contributed by atoms with E-state index in [4.69, 9.17) is 19.2 Å². The van der Waals surface area contributed by atoms with E-state index in [1.807, 2.05) is 45.9 Å². The molecule has 14 nitrogen and oxygen atoms in total. The molecule has 0 spiro atoms. The van der Waals surface area contributed by atoms with Crippen molar-refractivity contribution in [3.05, 3.63) is 42.0 Å². The molecular weight excluding hydrogens is 842 g/mol. The summed E-state index contributed by atoms with van der Waals surface area (Å²) >= 11 is 3.52. The highest BCUT2D eigenvalue weighted by molar-refractivity contribution is 9.09. The summed E-state index contributed by atoms with van der Waals surface area (Å²) in [5, 5.41) is 7.33. The van der Waals surface area contributed by atoms with Gasteiger partial charge in [-0.3, -0.25) is 19.1 Å². The molecule has 1 saturated heterocycles. The molecule has 322 valence electrons. The van der Waals surface area contributed by atoms with E-state index < -0.39 is 73.6 Å². The SMILES string of the molecule is C=C[C@@H]1C[C@]1(NC(=O)[C@@H]1C[C@@H]2CN1C(=O)[C@H](C(C)(C)C)NC(=O)O[C@@H]1C[C@H]1CCCCCc1c(nc3cc(C)ccc3c1OCCCBr)O2)C(=O)NS(=O)(=O)C1(C)CC1. The summed E-state index contributed by atoms with van der Waals surface area (Å²) in [7, 11) is -4.01. The van der Waals surface area contributed by atoms with Crippen molar-refractivity contribution in [1.29, 1.82) is 0 Å². The number of alkyl carbamates (subject to hydrolysis) is 1. The fraction of sp³-hybridized carbons (Fsp3) is 0.651. The van der Waals surface area contributed by atoms with Crippen LogP contribution in [-0.4, -0.2) is 95.2 Å². The zero-order chi connectivity index (χ0) is 42.5. The molecule has 1 aromatic heterocycles. The maximum atomic E-state index is 14.8. The van der Waals surface area contributed by atoms with E-state index in [-0.39, 0.29) is 31.4 Å². The van der Waals surface area contributed by atoms with Gasteiger partial charge in [-0.2, -0.15) is 0 Å². The Morgan fingerprint density at radius 1 is 1.15 bits per heavy atom. The molecule has 3 heterocycles. The largest absolute Gasteiger partial charge is 0.492 e. The Hall–Kier alpha value is -3.92. The van der Waals surface area contributed by atoms with Gasteiger partial charge in [0.1, 0.15) is 35.6 Å². The number of pyridine rings is 1. The number of benzene rings is 1. The topological polar surface area (TPSA) is 182 Å². The number of hydrogen-bond acceptors (Lipinski definition) is 10. The van der Waals surface area contributed by atoms with Crippen molar-refractivity contribution in [3.63, 3.8) is 0 Å². The molecule has 16 heteroatoms. The lowest BCUT2D eigenvalue weighted by molar-refractivity contribution is -0.142. The number of carbonyl (C=O) groups is 4. The highest BCUT2D eigenvalue weighted by atomic mass is 79.9.